The second-order valence-electron chi connectivity index (χ2n) is 8.12. The van der Waals surface area contributed by atoms with Gasteiger partial charge in [0.1, 0.15) is 17.6 Å². The van der Waals surface area contributed by atoms with Crippen molar-refractivity contribution < 1.29 is 23.9 Å². The van der Waals surface area contributed by atoms with Crippen LogP contribution in [0, 0.1) is 11.8 Å². The summed E-state index contributed by atoms with van der Waals surface area (Å²) in [5.41, 5.74) is 4.08. The van der Waals surface area contributed by atoms with E-state index in [-0.39, 0.29) is 30.7 Å². The summed E-state index contributed by atoms with van der Waals surface area (Å²) in [5, 5.41) is 7.94. The van der Waals surface area contributed by atoms with Crippen molar-refractivity contribution in [3.8, 4) is 0 Å². The zero-order chi connectivity index (χ0) is 22.1. The highest BCUT2D eigenvalue weighted by molar-refractivity contribution is 5.95. The smallest absolute Gasteiger partial charge is 0.328 e. The number of ether oxygens (including phenoxy) is 1. The first-order valence-electron chi connectivity index (χ1n) is 9.55. The number of carbonyl (C=O) groups is 4. The molecule has 0 aliphatic rings. The van der Waals surface area contributed by atoms with E-state index in [1.165, 1.54) is 21.0 Å². The van der Waals surface area contributed by atoms with E-state index in [0.29, 0.717) is 6.42 Å². The Morgan fingerprint density at radius 1 is 1.04 bits per heavy atom. The van der Waals surface area contributed by atoms with Crippen LogP contribution in [0.15, 0.2) is 0 Å². The Bertz CT molecular complexity index is 561. The lowest BCUT2D eigenvalue weighted by molar-refractivity contribution is -0.147. The summed E-state index contributed by atoms with van der Waals surface area (Å²) in [4.78, 5) is 49.1. The van der Waals surface area contributed by atoms with Gasteiger partial charge in [-0.3, -0.25) is 14.4 Å². The summed E-state index contributed by atoms with van der Waals surface area (Å²) in [6.45, 7) is 10.7. The molecular weight excluding hydrogens is 364 g/mol. The molecule has 9 nitrogen and oxygen atoms in total. The van der Waals surface area contributed by atoms with Gasteiger partial charge in [-0.05, 0) is 32.1 Å². The fourth-order valence-electron chi connectivity index (χ4n) is 2.50. The van der Waals surface area contributed by atoms with Crippen molar-refractivity contribution in [3.05, 3.63) is 0 Å². The van der Waals surface area contributed by atoms with Gasteiger partial charge in [-0.1, -0.05) is 27.7 Å². The molecule has 2 atom stereocenters. The lowest BCUT2D eigenvalue weighted by atomic mass is 9.98. The first-order chi connectivity index (χ1) is 12.8. The predicted molar refractivity (Wildman–Crippen MR) is 106 cm³/mol. The second kappa shape index (κ2) is 11.6. The molecule has 0 saturated heterocycles. The molecule has 0 saturated carbocycles. The van der Waals surface area contributed by atoms with E-state index in [0.717, 1.165) is 0 Å². The van der Waals surface area contributed by atoms with Gasteiger partial charge in [-0.25, -0.2) is 4.79 Å². The number of methoxy groups -OCH3 is 1. The fourth-order valence-corrected chi connectivity index (χ4v) is 2.50. The monoisotopic (exact) mass is 400 g/mol. The van der Waals surface area contributed by atoms with Gasteiger partial charge in [0.05, 0.1) is 7.11 Å². The van der Waals surface area contributed by atoms with E-state index >= 15 is 0 Å². The number of nitrogens with one attached hydrogen (secondary N) is 3. The van der Waals surface area contributed by atoms with Gasteiger partial charge in [-0.2, -0.15) is 0 Å². The van der Waals surface area contributed by atoms with Gasteiger partial charge in [0, 0.05) is 13.0 Å². The first kappa shape index (κ1) is 25.8. The molecule has 0 radical (unpaired) electrons. The van der Waals surface area contributed by atoms with Crippen LogP contribution in [0.25, 0.3) is 0 Å². The van der Waals surface area contributed by atoms with E-state index in [1.54, 1.807) is 13.8 Å². The van der Waals surface area contributed by atoms with E-state index in [2.05, 4.69) is 16.0 Å². The summed E-state index contributed by atoms with van der Waals surface area (Å²) in [6, 6.07) is -1.61. The van der Waals surface area contributed by atoms with Gasteiger partial charge in [0.2, 0.25) is 17.7 Å². The Balaban J connectivity index is 5.22. The molecule has 5 N–H and O–H groups in total. The third kappa shape index (κ3) is 8.69. The number of rotatable bonds is 11. The highest BCUT2D eigenvalue weighted by Crippen LogP contribution is 2.11. The van der Waals surface area contributed by atoms with Crippen LogP contribution in [0.2, 0.25) is 0 Å². The maximum absolute atomic E-state index is 12.7. The normalized spacial score (nSPS) is 13.6. The number of esters is 1. The first-order valence-corrected chi connectivity index (χ1v) is 9.55. The summed E-state index contributed by atoms with van der Waals surface area (Å²) >= 11 is 0. The SMILES string of the molecule is COC(=O)[C@@H](NC(=O)C(C)(C)NC(=O)[C@H](CC(C)C)NC(=O)CCN)C(C)C. The summed E-state index contributed by atoms with van der Waals surface area (Å²) in [7, 11) is 1.25. The molecule has 0 aromatic heterocycles. The number of amides is 3. The van der Waals surface area contributed by atoms with E-state index < -0.39 is 35.4 Å². The molecule has 0 aliphatic carbocycles. The van der Waals surface area contributed by atoms with E-state index in [1.807, 2.05) is 13.8 Å². The van der Waals surface area contributed by atoms with Crippen LogP contribution in [0.4, 0.5) is 0 Å². The number of carbonyl (C=O) groups excluding carboxylic acids is 4. The Morgan fingerprint density at radius 3 is 2.04 bits per heavy atom. The van der Waals surface area contributed by atoms with Crippen LogP contribution in [0.1, 0.15) is 54.4 Å². The van der Waals surface area contributed by atoms with Crippen LogP contribution in [-0.4, -0.2) is 55.0 Å². The third-order valence-electron chi connectivity index (χ3n) is 4.14. The summed E-state index contributed by atoms with van der Waals surface area (Å²) in [6.07, 6.45) is 0.525. The molecule has 0 bridgehead atoms. The number of hydrogen-bond acceptors (Lipinski definition) is 6. The lowest BCUT2D eigenvalue weighted by Gasteiger charge is -2.31. The predicted octanol–water partition coefficient (Wildman–Crippen LogP) is 0.0747. The molecule has 0 fully saturated rings. The Labute approximate surface area is 167 Å². The lowest BCUT2D eigenvalue weighted by Crippen LogP contribution is -2.61. The van der Waals surface area contributed by atoms with Crippen molar-refractivity contribution in [1.82, 2.24) is 16.0 Å². The molecule has 9 heteroatoms. The van der Waals surface area contributed by atoms with Crippen molar-refractivity contribution in [2.45, 2.75) is 72.0 Å². The molecule has 0 aromatic rings. The van der Waals surface area contributed by atoms with Gasteiger partial charge in [-0.15, -0.1) is 0 Å². The van der Waals surface area contributed by atoms with Gasteiger partial charge in [0.25, 0.3) is 0 Å². The number of hydrogen-bond donors (Lipinski definition) is 4. The highest BCUT2D eigenvalue weighted by Gasteiger charge is 2.36. The molecule has 0 aromatic carbocycles. The Hall–Kier alpha value is -2.16. The van der Waals surface area contributed by atoms with Crippen LogP contribution in [0.5, 0.6) is 0 Å². The van der Waals surface area contributed by atoms with Crippen LogP contribution < -0.4 is 21.7 Å². The Kier molecular flexibility index (Phi) is 10.7. The average Bonchev–Trinajstić information content (AvgIpc) is 2.57. The molecule has 0 spiro atoms. The molecule has 3 amide bonds. The maximum atomic E-state index is 12.7. The molecule has 0 unspecified atom stereocenters. The Morgan fingerprint density at radius 2 is 1.61 bits per heavy atom. The van der Waals surface area contributed by atoms with E-state index in [9.17, 15) is 19.2 Å². The van der Waals surface area contributed by atoms with Crippen molar-refractivity contribution in [2.75, 3.05) is 13.7 Å². The average molecular weight is 401 g/mol. The topological polar surface area (TPSA) is 140 Å². The van der Waals surface area contributed by atoms with Crippen LogP contribution in [-0.2, 0) is 23.9 Å². The van der Waals surface area contributed by atoms with E-state index in [4.69, 9.17) is 10.5 Å². The minimum Gasteiger partial charge on any atom is -0.467 e. The van der Waals surface area contributed by atoms with Gasteiger partial charge in [0.15, 0.2) is 0 Å². The third-order valence-corrected chi connectivity index (χ3v) is 4.14. The zero-order valence-corrected chi connectivity index (χ0v) is 18.0. The maximum Gasteiger partial charge on any atom is 0.328 e. The molecule has 0 heterocycles. The fraction of sp³-hybridized carbons (Fsp3) is 0.789. The van der Waals surface area contributed by atoms with Gasteiger partial charge < -0.3 is 26.4 Å². The van der Waals surface area contributed by atoms with Crippen LogP contribution >= 0.6 is 0 Å². The minimum absolute atomic E-state index is 0.112. The standard InChI is InChI=1S/C19H36N4O5/c1-11(2)10-13(21-14(24)8-9-20)16(25)23-19(5,6)18(27)22-15(12(3)4)17(26)28-7/h11-13,15H,8-10,20H2,1-7H3,(H,21,24)(H,22,27)(H,23,25)/t13-,15-/m0/s1. The van der Waals surface area contributed by atoms with Crippen LogP contribution in [0.3, 0.4) is 0 Å². The highest BCUT2D eigenvalue weighted by atomic mass is 16.5. The zero-order valence-electron chi connectivity index (χ0n) is 18.0. The quantitative estimate of drug-likeness (QED) is 0.362. The van der Waals surface area contributed by atoms with Crippen molar-refractivity contribution >= 4 is 23.7 Å². The molecule has 0 rings (SSSR count). The largest absolute Gasteiger partial charge is 0.467 e. The molecule has 162 valence electrons. The van der Waals surface area contributed by atoms with Crippen molar-refractivity contribution in [1.29, 1.82) is 0 Å². The number of nitrogens with two attached hydrogens (primary N) is 1. The minimum atomic E-state index is -1.30. The molecule has 28 heavy (non-hydrogen) atoms. The summed E-state index contributed by atoms with van der Waals surface area (Å²) in [5.74, 6) is -1.92. The second-order valence-corrected chi connectivity index (χ2v) is 8.12. The molecular formula is C19H36N4O5. The molecule has 0 aliphatic heterocycles. The summed E-state index contributed by atoms with van der Waals surface area (Å²) < 4.78 is 4.72. The van der Waals surface area contributed by atoms with Gasteiger partial charge >= 0.3 is 5.97 Å². The van der Waals surface area contributed by atoms with Crippen molar-refractivity contribution in [3.63, 3.8) is 0 Å². The van der Waals surface area contributed by atoms with Crippen molar-refractivity contribution in [2.24, 2.45) is 17.6 Å².